The molecule has 2 N–H and O–H groups in total. The molecule has 126 valence electrons. The molecule has 0 atom stereocenters. The van der Waals surface area contributed by atoms with Gasteiger partial charge in [-0.3, -0.25) is 14.6 Å². The van der Waals surface area contributed by atoms with Crippen molar-refractivity contribution in [2.75, 3.05) is 5.32 Å². The molecule has 3 rings (SSSR count). The summed E-state index contributed by atoms with van der Waals surface area (Å²) in [5.41, 5.74) is 0.316. The molecule has 0 aliphatic heterocycles. The number of aromatic nitrogens is 1. The lowest BCUT2D eigenvalue weighted by Crippen LogP contribution is -2.23. The van der Waals surface area contributed by atoms with E-state index in [1.165, 1.54) is 42.8 Å². The van der Waals surface area contributed by atoms with E-state index in [1.807, 2.05) is 0 Å². The molecule has 0 radical (unpaired) electrons. The summed E-state index contributed by atoms with van der Waals surface area (Å²) in [6.07, 6.45) is 2.86. The Balaban J connectivity index is 1.69. The van der Waals surface area contributed by atoms with Crippen molar-refractivity contribution in [3.8, 4) is 0 Å². The van der Waals surface area contributed by atoms with Gasteiger partial charge in [-0.15, -0.1) is 0 Å². The number of hydrogen-bond acceptors (Lipinski definition) is 4. The molecule has 6 nitrogen and oxygen atoms in total. The van der Waals surface area contributed by atoms with Gasteiger partial charge in [-0.25, -0.2) is 4.39 Å². The van der Waals surface area contributed by atoms with E-state index in [2.05, 4.69) is 15.6 Å². The molecule has 0 aliphatic rings. The number of carbonyl (C=O) groups excluding carboxylic acids is 2. The summed E-state index contributed by atoms with van der Waals surface area (Å²) in [6, 6.07) is 12.1. The average Bonchev–Trinajstić information content (AvgIpc) is 3.15. The summed E-state index contributed by atoms with van der Waals surface area (Å²) in [4.78, 5) is 28.3. The van der Waals surface area contributed by atoms with Crippen LogP contribution < -0.4 is 10.6 Å². The molecule has 1 aromatic carbocycles. The van der Waals surface area contributed by atoms with Gasteiger partial charge < -0.3 is 15.1 Å². The Kier molecular flexibility index (Phi) is 4.84. The van der Waals surface area contributed by atoms with Crippen LogP contribution in [0, 0.1) is 5.82 Å². The number of amides is 2. The van der Waals surface area contributed by atoms with Crippen molar-refractivity contribution in [3.63, 3.8) is 0 Å². The van der Waals surface area contributed by atoms with Gasteiger partial charge in [-0.2, -0.15) is 0 Å². The fourth-order valence-corrected chi connectivity index (χ4v) is 2.13. The SMILES string of the molecule is O=C(NCc1ccco1)c1ccnc(C(=O)Nc2ccccc2F)c1. The molecule has 0 unspecified atom stereocenters. The average molecular weight is 339 g/mol. The first-order valence-electron chi connectivity index (χ1n) is 7.46. The fourth-order valence-electron chi connectivity index (χ4n) is 2.13. The van der Waals surface area contributed by atoms with E-state index in [4.69, 9.17) is 4.42 Å². The molecule has 0 fully saturated rings. The van der Waals surface area contributed by atoms with Crippen LogP contribution in [-0.4, -0.2) is 16.8 Å². The lowest BCUT2D eigenvalue weighted by atomic mass is 10.2. The maximum Gasteiger partial charge on any atom is 0.274 e. The molecule has 0 saturated heterocycles. The summed E-state index contributed by atoms with van der Waals surface area (Å²) in [6.45, 7) is 0.227. The van der Waals surface area contributed by atoms with Crippen molar-refractivity contribution in [1.29, 1.82) is 0 Å². The third-order valence-corrected chi connectivity index (χ3v) is 3.38. The molecule has 7 heteroatoms. The molecule has 2 amide bonds. The summed E-state index contributed by atoms with van der Waals surface area (Å²) in [5, 5.41) is 5.10. The van der Waals surface area contributed by atoms with Crippen LogP contribution in [0.4, 0.5) is 10.1 Å². The molecule has 0 bridgehead atoms. The van der Waals surface area contributed by atoms with Crippen molar-refractivity contribution >= 4 is 17.5 Å². The Morgan fingerprint density at radius 3 is 2.68 bits per heavy atom. The first kappa shape index (κ1) is 16.4. The number of rotatable bonds is 5. The Morgan fingerprint density at radius 1 is 1.08 bits per heavy atom. The van der Waals surface area contributed by atoms with Gasteiger partial charge in [0.05, 0.1) is 18.5 Å². The molecular formula is C18H14FN3O3. The first-order chi connectivity index (χ1) is 12.1. The molecule has 25 heavy (non-hydrogen) atoms. The maximum atomic E-state index is 13.6. The number of benzene rings is 1. The number of pyridine rings is 1. The van der Waals surface area contributed by atoms with Crippen LogP contribution in [0.3, 0.4) is 0 Å². The van der Waals surface area contributed by atoms with E-state index in [0.717, 1.165) is 0 Å². The first-order valence-corrected chi connectivity index (χ1v) is 7.46. The predicted octanol–water partition coefficient (Wildman–Crippen LogP) is 3.00. The lowest BCUT2D eigenvalue weighted by Gasteiger charge is -2.07. The van der Waals surface area contributed by atoms with Gasteiger partial charge in [-0.05, 0) is 36.4 Å². The van der Waals surface area contributed by atoms with E-state index in [-0.39, 0.29) is 29.4 Å². The van der Waals surface area contributed by atoms with Crippen molar-refractivity contribution in [1.82, 2.24) is 10.3 Å². The second kappa shape index (κ2) is 7.39. The molecule has 0 spiro atoms. The monoisotopic (exact) mass is 339 g/mol. The number of nitrogens with one attached hydrogen (secondary N) is 2. The molecular weight excluding hydrogens is 325 g/mol. The van der Waals surface area contributed by atoms with Crippen LogP contribution >= 0.6 is 0 Å². The van der Waals surface area contributed by atoms with E-state index in [1.54, 1.807) is 18.2 Å². The Morgan fingerprint density at radius 2 is 1.92 bits per heavy atom. The van der Waals surface area contributed by atoms with Crippen LogP contribution in [0.25, 0.3) is 0 Å². The summed E-state index contributed by atoms with van der Waals surface area (Å²) >= 11 is 0. The van der Waals surface area contributed by atoms with Crippen LogP contribution in [0.5, 0.6) is 0 Å². The number of carbonyl (C=O) groups is 2. The van der Waals surface area contributed by atoms with Crippen molar-refractivity contribution in [2.45, 2.75) is 6.54 Å². The zero-order valence-corrected chi connectivity index (χ0v) is 13.0. The highest BCUT2D eigenvalue weighted by atomic mass is 19.1. The number of para-hydroxylation sites is 1. The van der Waals surface area contributed by atoms with Crippen LogP contribution in [0.2, 0.25) is 0 Å². The van der Waals surface area contributed by atoms with E-state index >= 15 is 0 Å². The molecule has 0 saturated carbocycles. The Bertz CT molecular complexity index is 894. The van der Waals surface area contributed by atoms with E-state index < -0.39 is 11.7 Å². The zero-order valence-electron chi connectivity index (χ0n) is 13.0. The van der Waals surface area contributed by atoms with E-state index in [9.17, 15) is 14.0 Å². The zero-order chi connectivity index (χ0) is 17.6. The predicted molar refractivity (Wildman–Crippen MR) is 88.5 cm³/mol. The van der Waals surface area contributed by atoms with Crippen LogP contribution in [-0.2, 0) is 6.54 Å². The van der Waals surface area contributed by atoms with E-state index in [0.29, 0.717) is 5.76 Å². The summed E-state index contributed by atoms with van der Waals surface area (Å²) < 4.78 is 18.7. The molecule has 0 aliphatic carbocycles. The quantitative estimate of drug-likeness (QED) is 0.748. The highest BCUT2D eigenvalue weighted by molar-refractivity contribution is 6.04. The minimum atomic E-state index is -0.606. The maximum absolute atomic E-state index is 13.6. The van der Waals surface area contributed by atoms with Crippen LogP contribution in [0.15, 0.2) is 65.4 Å². The summed E-state index contributed by atoms with van der Waals surface area (Å²) in [7, 11) is 0. The number of nitrogens with zero attached hydrogens (tertiary/aromatic N) is 1. The number of anilines is 1. The third-order valence-electron chi connectivity index (χ3n) is 3.38. The van der Waals surface area contributed by atoms with Gasteiger partial charge in [0.15, 0.2) is 0 Å². The molecule has 3 aromatic rings. The fraction of sp³-hybridized carbons (Fsp3) is 0.0556. The standard InChI is InChI=1S/C18H14FN3O3/c19-14-5-1-2-6-15(14)22-18(24)16-10-12(7-8-20-16)17(23)21-11-13-4-3-9-25-13/h1-10H,11H2,(H,21,23)(H,22,24). The largest absolute Gasteiger partial charge is 0.467 e. The smallest absolute Gasteiger partial charge is 0.274 e. The normalized spacial score (nSPS) is 10.3. The van der Waals surface area contributed by atoms with Crippen molar-refractivity contribution in [3.05, 3.63) is 83.8 Å². The van der Waals surface area contributed by atoms with Crippen molar-refractivity contribution in [2.24, 2.45) is 0 Å². The number of halogens is 1. The number of hydrogen-bond donors (Lipinski definition) is 2. The molecule has 2 aromatic heterocycles. The third kappa shape index (κ3) is 4.08. The second-order valence-corrected chi connectivity index (χ2v) is 5.13. The van der Waals surface area contributed by atoms with Gasteiger partial charge in [0.25, 0.3) is 11.8 Å². The lowest BCUT2D eigenvalue weighted by molar-refractivity contribution is 0.0948. The highest BCUT2D eigenvalue weighted by Gasteiger charge is 2.13. The second-order valence-electron chi connectivity index (χ2n) is 5.13. The van der Waals surface area contributed by atoms with Gasteiger partial charge in [0.1, 0.15) is 17.3 Å². The highest BCUT2D eigenvalue weighted by Crippen LogP contribution is 2.14. The number of furan rings is 1. The Labute approximate surface area is 142 Å². The van der Waals surface area contributed by atoms with Gasteiger partial charge in [-0.1, -0.05) is 12.1 Å². The summed E-state index contributed by atoms with van der Waals surface area (Å²) in [5.74, 6) is -0.923. The Hall–Kier alpha value is -3.48. The minimum Gasteiger partial charge on any atom is -0.467 e. The topological polar surface area (TPSA) is 84.2 Å². The van der Waals surface area contributed by atoms with Gasteiger partial charge in [0, 0.05) is 11.8 Å². The van der Waals surface area contributed by atoms with Crippen molar-refractivity contribution < 1.29 is 18.4 Å². The van der Waals surface area contributed by atoms with Crippen LogP contribution in [0.1, 0.15) is 26.6 Å². The van der Waals surface area contributed by atoms with Gasteiger partial charge >= 0.3 is 0 Å². The van der Waals surface area contributed by atoms with Gasteiger partial charge in [0.2, 0.25) is 0 Å². The molecule has 2 heterocycles. The minimum absolute atomic E-state index is 0.00824.